The second-order valence-corrected chi connectivity index (χ2v) is 5.29. The molecule has 2 unspecified atom stereocenters. The number of phenolic OH excluding ortho intramolecular Hbond substituents is 1. The average Bonchev–Trinajstić information content (AvgIpc) is 3.07. The van der Waals surface area contributed by atoms with Crippen LogP contribution >= 0.6 is 0 Å². The summed E-state index contributed by atoms with van der Waals surface area (Å²) in [5.41, 5.74) is 0.154. The number of nitrogens with one attached hydrogen (secondary N) is 1. The van der Waals surface area contributed by atoms with Crippen LogP contribution in [0.3, 0.4) is 0 Å². The van der Waals surface area contributed by atoms with Gasteiger partial charge in [-0.15, -0.1) is 0 Å². The van der Waals surface area contributed by atoms with E-state index in [4.69, 9.17) is 5.11 Å². The number of hydrogen-bond acceptors (Lipinski definition) is 2. The van der Waals surface area contributed by atoms with Crippen molar-refractivity contribution in [1.29, 1.82) is 0 Å². The molecule has 4 heteroatoms. The van der Waals surface area contributed by atoms with Crippen LogP contribution in [-0.2, 0) is 4.79 Å². The van der Waals surface area contributed by atoms with Crippen molar-refractivity contribution in [2.75, 3.05) is 5.32 Å². The van der Waals surface area contributed by atoms with E-state index in [0.717, 1.165) is 18.9 Å². The molecule has 1 aromatic carbocycles. The summed E-state index contributed by atoms with van der Waals surface area (Å²) in [6.07, 6.45) is 4.67. The molecule has 2 atom stereocenters. The number of anilines is 1. The molecule has 0 radical (unpaired) electrons. The maximum atomic E-state index is 13.5. The highest BCUT2D eigenvalue weighted by Gasteiger charge is 2.54. The summed E-state index contributed by atoms with van der Waals surface area (Å²) in [6, 6.07) is 3.78. The number of rotatable bonds is 2. The number of halogens is 1. The van der Waals surface area contributed by atoms with Gasteiger partial charge in [-0.25, -0.2) is 4.39 Å². The molecule has 2 aliphatic rings. The summed E-state index contributed by atoms with van der Waals surface area (Å²) in [7, 11) is 0. The predicted molar refractivity (Wildman–Crippen MR) is 65.6 cm³/mol. The largest absolute Gasteiger partial charge is 0.508 e. The molecule has 3 rings (SSSR count). The average molecular weight is 249 g/mol. The monoisotopic (exact) mass is 249 g/mol. The number of aromatic hydroxyl groups is 1. The summed E-state index contributed by atoms with van der Waals surface area (Å²) < 4.78 is 13.5. The third-order valence-electron chi connectivity index (χ3n) is 4.17. The minimum Gasteiger partial charge on any atom is -0.508 e. The Balaban J connectivity index is 1.68. The van der Waals surface area contributed by atoms with Crippen LogP contribution in [-0.4, -0.2) is 11.0 Å². The molecule has 0 heterocycles. The zero-order chi connectivity index (χ0) is 12.7. The van der Waals surface area contributed by atoms with E-state index in [0.29, 0.717) is 11.8 Å². The van der Waals surface area contributed by atoms with E-state index in [1.54, 1.807) is 0 Å². The standard InChI is InChI=1S/C14H16FNO2/c15-11-7-8(17)5-6-12(11)16-14(18)13-9-3-1-2-4-10(9)13/h5-7,9-10,13,17H,1-4H2,(H,16,18). The van der Waals surface area contributed by atoms with Crippen molar-refractivity contribution in [3.63, 3.8) is 0 Å². The van der Waals surface area contributed by atoms with E-state index in [2.05, 4.69) is 5.32 Å². The summed E-state index contributed by atoms with van der Waals surface area (Å²) in [6.45, 7) is 0. The number of hydrogen-bond donors (Lipinski definition) is 2. The third kappa shape index (κ3) is 1.96. The quantitative estimate of drug-likeness (QED) is 0.792. The van der Waals surface area contributed by atoms with Crippen LogP contribution in [0.1, 0.15) is 25.7 Å². The lowest BCUT2D eigenvalue weighted by atomic mass is 10.0. The smallest absolute Gasteiger partial charge is 0.228 e. The molecule has 3 nitrogen and oxygen atoms in total. The Morgan fingerprint density at radius 1 is 1.28 bits per heavy atom. The molecule has 0 aliphatic heterocycles. The fourth-order valence-electron chi connectivity index (χ4n) is 3.20. The highest BCUT2D eigenvalue weighted by molar-refractivity contribution is 5.95. The van der Waals surface area contributed by atoms with Crippen molar-refractivity contribution in [2.45, 2.75) is 25.7 Å². The van der Waals surface area contributed by atoms with Gasteiger partial charge >= 0.3 is 0 Å². The lowest BCUT2D eigenvalue weighted by Gasteiger charge is -2.06. The first-order valence-electron chi connectivity index (χ1n) is 6.46. The highest BCUT2D eigenvalue weighted by atomic mass is 19.1. The van der Waals surface area contributed by atoms with Gasteiger partial charge < -0.3 is 10.4 Å². The number of amides is 1. The van der Waals surface area contributed by atoms with Gasteiger partial charge in [-0.2, -0.15) is 0 Å². The lowest BCUT2D eigenvalue weighted by Crippen LogP contribution is -2.16. The van der Waals surface area contributed by atoms with Gasteiger partial charge in [0.15, 0.2) is 0 Å². The Kier molecular flexibility index (Phi) is 2.73. The number of carbonyl (C=O) groups excluding carboxylic acids is 1. The molecule has 0 aromatic heterocycles. The predicted octanol–water partition coefficient (Wildman–Crippen LogP) is 2.91. The van der Waals surface area contributed by atoms with Crippen LogP contribution in [0.4, 0.5) is 10.1 Å². The summed E-state index contributed by atoms with van der Waals surface area (Å²) >= 11 is 0. The summed E-state index contributed by atoms with van der Waals surface area (Å²) in [5.74, 6) is 0.299. The Hall–Kier alpha value is -1.58. The van der Waals surface area contributed by atoms with Gasteiger partial charge in [-0.1, -0.05) is 12.8 Å². The van der Waals surface area contributed by atoms with Crippen LogP contribution in [0.2, 0.25) is 0 Å². The van der Waals surface area contributed by atoms with Gasteiger partial charge in [-0.3, -0.25) is 4.79 Å². The molecule has 18 heavy (non-hydrogen) atoms. The molecular weight excluding hydrogens is 233 g/mol. The van der Waals surface area contributed by atoms with Crippen molar-refractivity contribution in [3.05, 3.63) is 24.0 Å². The number of fused-ring (bicyclic) bond motifs is 1. The van der Waals surface area contributed by atoms with Crippen molar-refractivity contribution in [3.8, 4) is 5.75 Å². The molecule has 2 saturated carbocycles. The molecule has 1 aromatic rings. The zero-order valence-electron chi connectivity index (χ0n) is 10.0. The number of benzene rings is 1. The van der Waals surface area contributed by atoms with Gasteiger partial charge in [0, 0.05) is 12.0 Å². The molecular formula is C14H16FNO2. The van der Waals surface area contributed by atoms with Gasteiger partial charge in [-0.05, 0) is 36.8 Å². The summed E-state index contributed by atoms with van der Waals surface area (Å²) in [5, 5.41) is 11.7. The molecule has 0 saturated heterocycles. The van der Waals surface area contributed by atoms with Gasteiger partial charge in [0.05, 0.1) is 5.69 Å². The van der Waals surface area contributed by atoms with Gasteiger partial charge in [0.2, 0.25) is 5.91 Å². The maximum Gasteiger partial charge on any atom is 0.228 e. The second-order valence-electron chi connectivity index (χ2n) is 5.29. The minimum absolute atomic E-state index is 0.0701. The Morgan fingerprint density at radius 2 is 1.94 bits per heavy atom. The van der Waals surface area contributed by atoms with E-state index in [1.807, 2.05) is 0 Å². The van der Waals surface area contributed by atoms with Crippen LogP contribution in [0, 0.1) is 23.6 Å². The van der Waals surface area contributed by atoms with E-state index in [1.165, 1.54) is 25.0 Å². The Bertz CT molecular complexity index is 477. The summed E-state index contributed by atoms with van der Waals surface area (Å²) in [4.78, 5) is 12.0. The van der Waals surface area contributed by atoms with Crippen LogP contribution in [0.25, 0.3) is 0 Å². The normalized spacial score (nSPS) is 29.5. The SMILES string of the molecule is O=C(Nc1ccc(O)cc1F)C1C2CCCCC21. The molecule has 0 spiro atoms. The molecule has 96 valence electrons. The van der Waals surface area contributed by atoms with Crippen molar-refractivity contribution in [2.24, 2.45) is 17.8 Å². The van der Waals surface area contributed by atoms with E-state index in [-0.39, 0.29) is 23.3 Å². The first-order chi connectivity index (χ1) is 8.66. The van der Waals surface area contributed by atoms with E-state index >= 15 is 0 Å². The van der Waals surface area contributed by atoms with Crippen LogP contribution in [0.15, 0.2) is 18.2 Å². The molecule has 2 aliphatic carbocycles. The van der Waals surface area contributed by atoms with Crippen molar-refractivity contribution >= 4 is 11.6 Å². The molecule has 0 bridgehead atoms. The second kappa shape index (κ2) is 4.26. The Morgan fingerprint density at radius 3 is 2.56 bits per heavy atom. The number of carbonyl (C=O) groups is 1. The lowest BCUT2D eigenvalue weighted by molar-refractivity contribution is -0.117. The van der Waals surface area contributed by atoms with E-state index < -0.39 is 5.82 Å². The fourth-order valence-corrected chi connectivity index (χ4v) is 3.20. The molecule has 2 fully saturated rings. The van der Waals surface area contributed by atoms with Crippen LogP contribution in [0.5, 0.6) is 5.75 Å². The van der Waals surface area contributed by atoms with Crippen molar-refractivity contribution in [1.82, 2.24) is 0 Å². The zero-order valence-corrected chi connectivity index (χ0v) is 10.0. The third-order valence-corrected chi connectivity index (χ3v) is 4.17. The first kappa shape index (κ1) is 11.5. The molecule has 2 N–H and O–H groups in total. The fraction of sp³-hybridized carbons (Fsp3) is 0.500. The Labute approximate surface area is 105 Å². The van der Waals surface area contributed by atoms with Gasteiger partial charge in [0.1, 0.15) is 11.6 Å². The van der Waals surface area contributed by atoms with Crippen molar-refractivity contribution < 1.29 is 14.3 Å². The highest BCUT2D eigenvalue weighted by Crippen LogP contribution is 2.55. The number of phenols is 1. The van der Waals surface area contributed by atoms with Crippen LogP contribution < -0.4 is 5.32 Å². The topological polar surface area (TPSA) is 49.3 Å². The molecule has 1 amide bonds. The maximum absolute atomic E-state index is 13.5. The van der Waals surface area contributed by atoms with E-state index in [9.17, 15) is 9.18 Å². The minimum atomic E-state index is -0.591. The first-order valence-corrected chi connectivity index (χ1v) is 6.46. The van der Waals surface area contributed by atoms with Gasteiger partial charge in [0.25, 0.3) is 0 Å².